The Morgan fingerprint density at radius 1 is 1.39 bits per heavy atom. The fourth-order valence-electron chi connectivity index (χ4n) is 2.50. The van der Waals surface area contributed by atoms with Crippen LogP contribution < -0.4 is 10.1 Å². The van der Waals surface area contributed by atoms with Gasteiger partial charge in [-0.05, 0) is 18.6 Å². The minimum absolute atomic E-state index is 0.0936. The van der Waals surface area contributed by atoms with Crippen LogP contribution in [0.5, 0.6) is 6.01 Å². The van der Waals surface area contributed by atoms with Crippen LogP contribution in [0.15, 0.2) is 36.7 Å². The van der Waals surface area contributed by atoms with Crippen molar-refractivity contribution in [3.8, 4) is 11.7 Å². The molecule has 0 saturated carbocycles. The maximum Gasteiger partial charge on any atom is 0.407 e. The van der Waals surface area contributed by atoms with Crippen molar-refractivity contribution in [2.24, 2.45) is 0 Å². The summed E-state index contributed by atoms with van der Waals surface area (Å²) in [6.45, 7) is 2.10. The van der Waals surface area contributed by atoms with Gasteiger partial charge >= 0.3 is 12.1 Å². The molecule has 0 radical (unpaired) electrons. The molecule has 122 valence electrons. The molecule has 8 nitrogen and oxygen atoms in total. The number of piperazine rings is 1. The van der Waals surface area contributed by atoms with Gasteiger partial charge in [0.1, 0.15) is 6.33 Å². The zero-order valence-corrected chi connectivity index (χ0v) is 12.6. The van der Waals surface area contributed by atoms with Gasteiger partial charge in [-0.2, -0.15) is 4.98 Å². The fraction of sp³-hybridized carbons (Fsp3) is 0.400. The van der Waals surface area contributed by atoms with E-state index < -0.39 is 6.09 Å². The first-order chi connectivity index (χ1) is 11.2. The summed E-state index contributed by atoms with van der Waals surface area (Å²) in [6.07, 6.45) is 1.43. The Morgan fingerprint density at radius 3 is 3.00 bits per heavy atom. The topological polar surface area (TPSA) is 92.5 Å². The van der Waals surface area contributed by atoms with Crippen LogP contribution in [0.25, 0.3) is 5.69 Å². The SMILES string of the molecule is O=C(O)N1CCN[C@H](CCOc2ncn(-c3ccccc3)n2)C1. The predicted molar refractivity (Wildman–Crippen MR) is 82.9 cm³/mol. The molecule has 1 saturated heterocycles. The quantitative estimate of drug-likeness (QED) is 0.854. The highest BCUT2D eigenvalue weighted by Crippen LogP contribution is 2.09. The summed E-state index contributed by atoms with van der Waals surface area (Å²) < 4.78 is 7.21. The number of nitrogens with zero attached hydrogens (tertiary/aromatic N) is 4. The molecule has 0 bridgehead atoms. The van der Waals surface area contributed by atoms with E-state index in [0.29, 0.717) is 38.7 Å². The highest BCUT2D eigenvalue weighted by Gasteiger charge is 2.22. The van der Waals surface area contributed by atoms with Crippen LogP contribution in [-0.4, -0.2) is 63.1 Å². The van der Waals surface area contributed by atoms with E-state index in [1.807, 2.05) is 30.3 Å². The zero-order valence-electron chi connectivity index (χ0n) is 12.6. The second kappa shape index (κ2) is 7.10. The molecule has 8 heteroatoms. The molecule has 3 rings (SSSR count). The van der Waals surface area contributed by atoms with Gasteiger partial charge in [0.2, 0.25) is 0 Å². The van der Waals surface area contributed by atoms with Crippen LogP contribution in [0.4, 0.5) is 4.79 Å². The molecule has 1 aliphatic rings. The summed E-state index contributed by atoms with van der Waals surface area (Å²) in [5.74, 6) is 0. The number of carbonyl (C=O) groups is 1. The summed E-state index contributed by atoms with van der Waals surface area (Å²) >= 11 is 0. The van der Waals surface area contributed by atoms with Crippen molar-refractivity contribution in [2.45, 2.75) is 12.5 Å². The Bertz CT molecular complexity index is 646. The molecule has 1 amide bonds. The number of hydrogen-bond acceptors (Lipinski definition) is 5. The molecule has 2 N–H and O–H groups in total. The second-order valence-corrected chi connectivity index (χ2v) is 5.32. The number of hydrogen-bond donors (Lipinski definition) is 2. The lowest BCUT2D eigenvalue weighted by Gasteiger charge is -2.31. The number of nitrogens with one attached hydrogen (secondary N) is 1. The minimum atomic E-state index is -0.874. The van der Waals surface area contributed by atoms with Crippen molar-refractivity contribution in [1.29, 1.82) is 0 Å². The van der Waals surface area contributed by atoms with Crippen LogP contribution in [0, 0.1) is 0 Å². The number of amides is 1. The Morgan fingerprint density at radius 2 is 2.22 bits per heavy atom. The average Bonchev–Trinajstić information content (AvgIpc) is 3.05. The van der Waals surface area contributed by atoms with Gasteiger partial charge in [0.05, 0.1) is 12.3 Å². The third kappa shape index (κ3) is 3.98. The summed E-state index contributed by atoms with van der Waals surface area (Å²) in [5, 5.41) is 16.6. The summed E-state index contributed by atoms with van der Waals surface area (Å²) in [6, 6.07) is 10.1. The molecule has 0 spiro atoms. The second-order valence-electron chi connectivity index (χ2n) is 5.32. The lowest BCUT2D eigenvalue weighted by molar-refractivity contribution is 0.124. The van der Waals surface area contributed by atoms with E-state index in [1.165, 1.54) is 4.90 Å². The molecule has 1 fully saturated rings. The maximum absolute atomic E-state index is 11.0. The lowest BCUT2D eigenvalue weighted by atomic mass is 10.1. The van der Waals surface area contributed by atoms with Gasteiger partial charge in [-0.3, -0.25) is 0 Å². The van der Waals surface area contributed by atoms with Gasteiger partial charge in [0.25, 0.3) is 0 Å². The van der Waals surface area contributed by atoms with Crippen molar-refractivity contribution in [3.05, 3.63) is 36.7 Å². The molecule has 1 atom stereocenters. The summed E-state index contributed by atoms with van der Waals surface area (Å²) in [7, 11) is 0. The first kappa shape index (κ1) is 15.3. The van der Waals surface area contributed by atoms with Gasteiger partial charge in [-0.25, -0.2) is 9.48 Å². The standard InChI is InChI=1S/C15H19N5O3/c21-15(22)19-8-7-16-12(10-19)6-9-23-14-17-11-20(18-14)13-4-2-1-3-5-13/h1-5,11-12,16H,6-10H2,(H,21,22)/t12-/m1/s1. The molecular formula is C15H19N5O3. The van der Waals surface area contributed by atoms with E-state index in [1.54, 1.807) is 11.0 Å². The molecule has 1 aromatic heterocycles. The van der Waals surface area contributed by atoms with Crippen LogP contribution in [0.3, 0.4) is 0 Å². The third-order valence-electron chi connectivity index (χ3n) is 3.72. The zero-order chi connectivity index (χ0) is 16.1. The van der Waals surface area contributed by atoms with Crippen molar-refractivity contribution in [2.75, 3.05) is 26.2 Å². The van der Waals surface area contributed by atoms with Crippen molar-refractivity contribution >= 4 is 6.09 Å². The number of carboxylic acid groups (broad SMARTS) is 1. The minimum Gasteiger partial charge on any atom is -0.465 e. The van der Waals surface area contributed by atoms with Crippen molar-refractivity contribution in [3.63, 3.8) is 0 Å². The molecule has 0 unspecified atom stereocenters. The predicted octanol–water partition coefficient (Wildman–Crippen LogP) is 0.988. The first-order valence-corrected chi connectivity index (χ1v) is 7.53. The van der Waals surface area contributed by atoms with Crippen molar-refractivity contribution in [1.82, 2.24) is 25.0 Å². The molecule has 0 aliphatic carbocycles. The first-order valence-electron chi connectivity index (χ1n) is 7.53. The fourth-order valence-corrected chi connectivity index (χ4v) is 2.50. The number of rotatable bonds is 5. The lowest BCUT2D eigenvalue weighted by Crippen LogP contribution is -2.52. The van der Waals surface area contributed by atoms with E-state index in [0.717, 1.165) is 5.69 Å². The van der Waals surface area contributed by atoms with Gasteiger partial charge in [0, 0.05) is 25.7 Å². The number of aromatic nitrogens is 3. The van der Waals surface area contributed by atoms with E-state index in [4.69, 9.17) is 9.84 Å². The Labute approximate surface area is 133 Å². The number of benzene rings is 1. The largest absolute Gasteiger partial charge is 0.465 e. The molecule has 1 aromatic carbocycles. The van der Waals surface area contributed by atoms with E-state index in [2.05, 4.69) is 15.4 Å². The van der Waals surface area contributed by atoms with Gasteiger partial charge in [-0.1, -0.05) is 18.2 Å². The average molecular weight is 317 g/mol. The molecule has 23 heavy (non-hydrogen) atoms. The summed E-state index contributed by atoms with van der Waals surface area (Å²) in [5.41, 5.74) is 0.917. The van der Waals surface area contributed by atoms with E-state index in [9.17, 15) is 4.79 Å². The van der Waals surface area contributed by atoms with E-state index in [-0.39, 0.29) is 6.04 Å². The highest BCUT2D eigenvalue weighted by molar-refractivity contribution is 5.65. The van der Waals surface area contributed by atoms with E-state index >= 15 is 0 Å². The van der Waals surface area contributed by atoms with Crippen molar-refractivity contribution < 1.29 is 14.6 Å². The number of ether oxygens (including phenoxy) is 1. The smallest absolute Gasteiger partial charge is 0.407 e. The molecule has 1 aliphatic heterocycles. The molecule has 2 aromatic rings. The Kier molecular flexibility index (Phi) is 4.72. The normalized spacial score (nSPS) is 17.9. The highest BCUT2D eigenvalue weighted by atomic mass is 16.5. The van der Waals surface area contributed by atoms with Crippen LogP contribution >= 0.6 is 0 Å². The van der Waals surface area contributed by atoms with Crippen LogP contribution in [0.2, 0.25) is 0 Å². The monoisotopic (exact) mass is 317 g/mol. The van der Waals surface area contributed by atoms with Gasteiger partial charge in [0.15, 0.2) is 0 Å². The van der Waals surface area contributed by atoms with Crippen LogP contribution in [-0.2, 0) is 0 Å². The Hall–Kier alpha value is -2.61. The third-order valence-corrected chi connectivity index (χ3v) is 3.72. The molecular weight excluding hydrogens is 298 g/mol. The molecule has 2 heterocycles. The number of para-hydroxylation sites is 1. The maximum atomic E-state index is 11.0. The van der Waals surface area contributed by atoms with Gasteiger partial charge in [-0.15, -0.1) is 5.10 Å². The van der Waals surface area contributed by atoms with Crippen LogP contribution in [0.1, 0.15) is 6.42 Å². The summed E-state index contributed by atoms with van der Waals surface area (Å²) in [4.78, 5) is 16.5. The van der Waals surface area contributed by atoms with Gasteiger partial charge < -0.3 is 20.1 Å². The Balaban J connectivity index is 1.48.